The van der Waals surface area contributed by atoms with Crippen LogP contribution in [0.5, 0.6) is 11.5 Å². The molecule has 4 rings (SSSR count). The number of sulfonamides is 1. The number of nitrogens with one attached hydrogen (secondary N) is 1. The van der Waals surface area contributed by atoms with Gasteiger partial charge in [0.1, 0.15) is 24.1 Å². The standard InChI is InChI=1S/C35H38ClN3O5S/c1-3-4-22-37-35(41)33(24-27-12-7-5-8-13-27)38(25-28-14-11-15-29(36)23-28)34(40)26-39(45(2,42)43)30-18-20-32(21-19-30)44-31-16-9-6-10-17-31/h5-21,23,33H,3-4,22,24-26H2,1-2H3,(H,37,41)/t33-/m0/s1. The van der Waals surface area contributed by atoms with Crippen LogP contribution in [0.1, 0.15) is 30.9 Å². The highest BCUT2D eigenvalue weighted by molar-refractivity contribution is 7.92. The van der Waals surface area contributed by atoms with Crippen LogP contribution in [-0.2, 0) is 32.6 Å². The molecule has 0 aliphatic rings. The number of carbonyl (C=O) groups is 2. The number of anilines is 1. The zero-order valence-corrected chi connectivity index (χ0v) is 27.0. The van der Waals surface area contributed by atoms with Crippen molar-refractivity contribution in [1.29, 1.82) is 0 Å². The van der Waals surface area contributed by atoms with Gasteiger partial charge in [-0.25, -0.2) is 8.42 Å². The van der Waals surface area contributed by atoms with E-state index in [0.29, 0.717) is 34.3 Å². The summed E-state index contributed by atoms with van der Waals surface area (Å²) in [5, 5.41) is 3.46. The third kappa shape index (κ3) is 10.1. The normalized spacial score (nSPS) is 11.8. The first-order valence-electron chi connectivity index (χ1n) is 14.8. The molecule has 0 aliphatic heterocycles. The van der Waals surface area contributed by atoms with Gasteiger partial charge in [-0.2, -0.15) is 0 Å². The highest BCUT2D eigenvalue weighted by Crippen LogP contribution is 2.26. The van der Waals surface area contributed by atoms with Crippen molar-refractivity contribution < 1.29 is 22.7 Å². The molecule has 0 heterocycles. The summed E-state index contributed by atoms with van der Waals surface area (Å²) in [6, 6.07) is 31.3. The number of hydrogen-bond donors (Lipinski definition) is 1. The predicted octanol–water partition coefficient (Wildman–Crippen LogP) is 6.45. The highest BCUT2D eigenvalue weighted by atomic mass is 35.5. The second-order valence-electron chi connectivity index (χ2n) is 10.7. The Morgan fingerprint density at radius 3 is 2.09 bits per heavy atom. The molecular weight excluding hydrogens is 610 g/mol. The lowest BCUT2D eigenvalue weighted by Gasteiger charge is -2.33. The maximum atomic E-state index is 14.2. The average Bonchev–Trinajstić information content (AvgIpc) is 3.02. The molecule has 0 saturated heterocycles. The van der Waals surface area contributed by atoms with Gasteiger partial charge in [0.25, 0.3) is 0 Å². The number of unbranched alkanes of at least 4 members (excludes halogenated alkanes) is 1. The molecule has 0 bridgehead atoms. The first-order chi connectivity index (χ1) is 21.6. The monoisotopic (exact) mass is 647 g/mol. The van der Waals surface area contributed by atoms with Gasteiger partial charge in [0.05, 0.1) is 11.9 Å². The van der Waals surface area contributed by atoms with E-state index in [0.717, 1.165) is 29.0 Å². The van der Waals surface area contributed by atoms with Crippen LogP contribution in [0.15, 0.2) is 109 Å². The maximum absolute atomic E-state index is 14.2. The smallest absolute Gasteiger partial charge is 0.244 e. The lowest BCUT2D eigenvalue weighted by molar-refractivity contribution is -0.140. The quantitative estimate of drug-likeness (QED) is 0.150. The Kier molecular flexibility index (Phi) is 12.0. The van der Waals surface area contributed by atoms with Crippen LogP contribution in [0.4, 0.5) is 5.69 Å². The summed E-state index contributed by atoms with van der Waals surface area (Å²) >= 11 is 6.27. The van der Waals surface area contributed by atoms with Crippen molar-refractivity contribution >= 4 is 39.1 Å². The van der Waals surface area contributed by atoms with E-state index in [1.807, 2.05) is 73.7 Å². The first kappa shape index (κ1) is 33.6. The molecule has 0 radical (unpaired) electrons. The fourth-order valence-electron chi connectivity index (χ4n) is 4.81. The molecule has 1 atom stereocenters. The Morgan fingerprint density at radius 1 is 0.844 bits per heavy atom. The number of amides is 2. The number of hydrogen-bond acceptors (Lipinski definition) is 5. The number of halogens is 1. The van der Waals surface area contributed by atoms with E-state index >= 15 is 0 Å². The number of benzene rings is 4. The molecule has 0 aromatic heterocycles. The number of carbonyl (C=O) groups excluding carboxylic acids is 2. The molecule has 1 N–H and O–H groups in total. The Balaban J connectivity index is 1.66. The van der Waals surface area contributed by atoms with Crippen LogP contribution in [0.3, 0.4) is 0 Å². The van der Waals surface area contributed by atoms with Crippen molar-refractivity contribution in [2.24, 2.45) is 0 Å². The second kappa shape index (κ2) is 16.1. The molecule has 0 fully saturated rings. The number of ether oxygens (including phenoxy) is 1. The zero-order chi connectivity index (χ0) is 32.2. The van der Waals surface area contributed by atoms with Crippen LogP contribution in [0.2, 0.25) is 5.02 Å². The zero-order valence-electron chi connectivity index (χ0n) is 25.4. The summed E-state index contributed by atoms with van der Waals surface area (Å²) in [6.07, 6.45) is 2.98. The molecule has 0 aliphatic carbocycles. The largest absolute Gasteiger partial charge is 0.457 e. The van der Waals surface area contributed by atoms with Crippen LogP contribution >= 0.6 is 11.6 Å². The van der Waals surface area contributed by atoms with E-state index in [1.165, 1.54) is 4.90 Å². The molecular formula is C35H38ClN3O5S. The Labute approximate surface area is 270 Å². The van der Waals surface area contributed by atoms with Crippen molar-refractivity contribution in [3.05, 3.63) is 125 Å². The molecule has 2 amide bonds. The summed E-state index contributed by atoms with van der Waals surface area (Å²) in [4.78, 5) is 29.4. The van der Waals surface area contributed by atoms with Crippen LogP contribution < -0.4 is 14.4 Å². The summed E-state index contributed by atoms with van der Waals surface area (Å²) < 4.78 is 33.0. The molecule has 236 valence electrons. The highest BCUT2D eigenvalue weighted by Gasteiger charge is 2.33. The lowest BCUT2D eigenvalue weighted by Crippen LogP contribution is -2.53. The Bertz CT molecular complexity index is 1650. The van der Waals surface area contributed by atoms with Gasteiger partial charge in [0, 0.05) is 24.5 Å². The number of nitrogens with zero attached hydrogens (tertiary/aromatic N) is 2. The molecule has 0 saturated carbocycles. The fourth-order valence-corrected chi connectivity index (χ4v) is 5.87. The van der Waals surface area contributed by atoms with Crippen molar-refractivity contribution in [3.8, 4) is 11.5 Å². The van der Waals surface area contributed by atoms with Gasteiger partial charge in [0.15, 0.2) is 0 Å². The van der Waals surface area contributed by atoms with E-state index < -0.39 is 28.5 Å². The van der Waals surface area contributed by atoms with E-state index in [2.05, 4.69) is 5.32 Å². The third-order valence-corrected chi connectivity index (χ3v) is 8.50. The van der Waals surface area contributed by atoms with Gasteiger partial charge in [-0.15, -0.1) is 0 Å². The average molecular weight is 648 g/mol. The summed E-state index contributed by atoms with van der Waals surface area (Å²) in [5.41, 5.74) is 1.87. The van der Waals surface area contributed by atoms with E-state index in [-0.39, 0.29) is 18.9 Å². The van der Waals surface area contributed by atoms with Crippen LogP contribution in [0.25, 0.3) is 0 Å². The molecule has 4 aromatic rings. The SMILES string of the molecule is CCCCNC(=O)[C@H](Cc1ccccc1)N(Cc1cccc(Cl)c1)C(=O)CN(c1ccc(Oc2ccccc2)cc1)S(C)(=O)=O. The van der Waals surface area contributed by atoms with E-state index in [9.17, 15) is 18.0 Å². The number of para-hydroxylation sites is 1. The first-order valence-corrected chi connectivity index (χ1v) is 17.0. The van der Waals surface area contributed by atoms with E-state index in [1.54, 1.807) is 42.5 Å². The summed E-state index contributed by atoms with van der Waals surface area (Å²) in [6.45, 7) is 2.04. The van der Waals surface area contributed by atoms with Gasteiger partial charge in [-0.1, -0.05) is 85.6 Å². The van der Waals surface area contributed by atoms with Gasteiger partial charge in [-0.3, -0.25) is 13.9 Å². The minimum atomic E-state index is -3.90. The van der Waals surface area contributed by atoms with Gasteiger partial charge in [0.2, 0.25) is 21.8 Å². The second-order valence-corrected chi connectivity index (χ2v) is 13.0. The van der Waals surface area contributed by atoms with Gasteiger partial charge in [-0.05, 0) is 66.1 Å². The fraction of sp³-hybridized carbons (Fsp3) is 0.257. The van der Waals surface area contributed by atoms with Crippen molar-refractivity contribution in [2.75, 3.05) is 23.7 Å². The minimum Gasteiger partial charge on any atom is -0.457 e. The summed E-state index contributed by atoms with van der Waals surface area (Å²) in [7, 11) is -3.90. The molecule has 4 aromatic carbocycles. The van der Waals surface area contributed by atoms with Gasteiger partial charge >= 0.3 is 0 Å². The Hall–Kier alpha value is -4.34. The Morgan fingerprint density at radius 2 is 1.47 bits per heavy atom. The molecule has 0 spiro atoms. The maximum Gasteiger partial charge on any atom is 0.244 e. The van der Waals surface area contributed by atoms with Crippen LogP contribution in [-0.4, -0.2) is 50.5 Å². The predicted molar refractivity (Wildman–Crippen MR) is 179 cm³/mol. The number of rotatable bonds is 15. The van der Waals surface area contributed by atoms with Crippen molar-refractivity contribution in [2.45, 2.75) is 38.8 Å². The molecule has 45 heavy (non-hydrogen) atoms. The van der Waals surface area contributed by atoms with Crippen molar-refractivity contribution in [3.63, 3.8) is 0 Å². The molecule has 10 heteroatoms. The van der Waals surface area contributed by atoms with Gasteiger partial charge < -0.3 is 15.0 Å². The topological polar surface area (TPSA) is 96.0 Å². The summed E-state index contributed by atoms with van der Waals surface area (Å²) in [5.74, 6) is 0.310. The van der Waals surface area contributed by atoms with E-state index in [4.69, 9.17) is 16.3 Å². The van der Waals surface area contributed by atoms with Crippen LogP contribution in [0, 0.1) is 0 Å². The third-order valence-electron chi connectivity index (χ3n) is 7.13. The lowest BCUT2D eigenvalue weighted by atomic mass is 10.0. The van der Waals surface area contributed by atoms with Crippen molar-refractivity contribution in [1.82, 2.24) is 10.2 Å². The minimum absolute atomic E-state index is 0.0551. The molecule has 0 unspecified atom stereocenters. The molecule has 8 nitrogen and oxygen atoms in total.